The number of amidine groups is 1. The van der Waals surface area contributed by atoms with Gasteiger partial charge in [-0.05, 0) is 11.6 Å². The lowest BCUT2D eigenvalue weighted by Crippen LogP contribution is -2.42. The van der Waals surface area contributed by atoms with E-state index >= 15 is 0 Å². The molecule has 2 heterocycles. The Morgan fingerprint density at radius 2 is 2.26 bits per heavy atom. The van der Waals surface area contributed by atoms with Crippen LogP contribution in [0.15, 0.2) is 24.3 Å². The molecular weight excluding hydrogens is 284 g/mol. The Balaban J connectivity index is 1.77. The number of nitrogens with zero attached hydrogens (tertiary/aromatic N) is 1. The lowest BCUT2D eigenvalue weighted by molar-refractivity contribution is -0.127. The molecule has 1 N–H and O–H groups in total. The van der Waals surface area contributed by atoms with E-state index in [0.29, 0.717) is 5.02 Å². The van der Waals surface area contributed by atoms with Gasteiger partial charge in [0.25, 0.3) is 6.02 Å². The number of carbonyl (C=O) groups excluding carboxylic acids is 1. The number of amides is 1. The molecule has 0 aromatic heterocycles. The van der Waals surface area contributed by atoms with Gasteiger partial charge in [0.15, 0.2) is 0 Å². The number of fused-ring (bicyclic) bond motifs is 1. The first-order valence-electron chi connectivity index (χ1n) is 6.05. The van der Waals surface area contributed by atoms with Crippen molar-refractivity contribution in [3.05, 3.63) is 34.9 Å². The molecule has 1 amide bonds. The third kappa shape index (κ3) is 2.32. The second kappa shape index (κ2) is 5.06. The van der Waals surface area contributed by atoms with Crippen LogP contribution >= 0.6 is 23.4 Å². The van der Waals surface area contributed by atoms with Gasteiger partial charge < -0.3 is 4.74 Å². The van der Waals surface area contributed by atoms with Gasteiger partial charge in [0.1, 0.15) is 6.10 Å². The summed E-state index contributed by atoms with van der Waals surface area (Å²) in [6.07, 6.45) is 0.187. The van der Waals surface area contributed by atoms with Crippen molar-refractivity contribution < 1.29 is 9.53 Å². The van der Waals surface area contributed by atoms with Crippen molar-refractivity contribution in [1.29, 1.82) is 5.41 Å². The predicted octanol–water partition coefficient (Wildman–Crippen LogP) is 2.16. The summed E-state index contributed by atoms with van der Waals surface area (Å²) in [6.45, 7) is 0. The van der Waals surface area contributed by atoms with Crippen molar-refractivity contribution in [3.63, 3.8) is 0 Å². The molecule has 2 aliphatic rings. The highest BCUT2D eigenvalue weighted by Gasteiger charge is 2.45. The van der Waals surface area contributed by atoms with E-state index < -0.39 is 0 Å². The van der Waals surface area contributed by atoms with Crippen LogP contribution in [0.2, 0.25) is 5.02 Å². The molecule has 0 bridgehead atoms. The number of halogens is 1. The smallest absolute Gasteiger partial charge is 0.292 e. The molecule has 3 rings (SSSR count). The highest BCUT2D eigenvalue weighted by atomic mass is 35.5. The summed E-state index contributed by atoms with van der Waals surface area (Å²) < 4.78 is 5.42. The molecule has 0 unspecified atom stereocenters. The highest BCUT2D eigenvalue weighted by Crippen LogP contribution is 2.32. The number of thioether (sulfide) groups is 1. The predicted molar refractivity (Wildman–Crippen MR) is 75.7 cm³/mol. The van der Waals surface area contributed by atoms with Crippen molar-refractivity contribution in [1.82, 2.24) is 4.90 Å². The molecule has 1 aromatic rings. The van der Waals surface area contributed by atoms with E-state index in [4.69, 9.17) is 21.7 Å². The molecule has 0 radical (unpaired) electrons. The second-order valence-corrected chi connectivity index (χ2v) is 6.08. The molecule has 19 heavy (non-hydrogen) atoms. The van der Waals surface area contributed by atoms with Crippen molar-refractivity contribution in [2.75, 3.05) is 11.5 Å². The third-order valence-electron chi connectivity index (χ3n) is 3.38. The SMILES string of the molecule is N=C1O[C@H]2CSC[C@@H]2N1C(=O)Cc1ccccc1Cl. The van der Waals surface area contributed by atoms with Gasteiger partial charge in [0.05, 0.1) is 12.5 Å². The minimum absolute atomic E-state index is 0.00693. The summed E-state index contributed by atoms with van der Waals surface area (Å²) in [4.78, 5) is 13.8. The number of benzene rings is 1. The van der Waals surface area contributed by atoms with Crippen LogP contribution in [0.3, 0.4) is 0 Å². The molecule has 1 aromatic carbocycles. The van der Waals surface area contributed by atoms with Gasteiger partial charge in [-0.1, -0.05) is 29.8 Å². The minimum atomic E-state index is -0.117. The Labute approximate surface area is 120 Å². The molecule has 4 nitrogen and oxygen atoms in total. The maximum absolute atomic E-state index is 12.4. The summed E-state index contributed by atoms with van der Waals surface area (Å²) in [5.41, 5.74) is 0.788. The Morgan fingerprint density at radius 3 is 3.05 bits per heavy atom. The Hall–Kier alpha value is -1.20. The van der Waals surface area contributed by atoms with Crippen molar-refractivity contribution in [2.45, 2.75) is 18.6 Å². The van der Waals surface area contributed by atoms with Crippen LogP contribution in [0.5, 0.6) is 0 Å². The number of hydrogen-bond donors (Lipinski definition) is 1. The Morgan fingerprint density at radius 1 is 1.47 bits per heavy atom. The number of rotatable bonds is 2. The minimum Gasteiger partial charge on any atom is -0.459 e. The van der Waals surface area contributed by atoms with Crippen LogP contribution in [0.4, 0.5) is 0 Å². The topological polar surface area (TPSA) is 53.4 Å². The first-order valence-corrected chi connectivity index (χ1v) is 7.58. The van der Waals surface area contributed by atoms with E-state index in [1.165, 1.54) is 4.90 Å². The summed E-state index contributed by atoms with van der Waals surface area (Å²) in [6, 6.07) is 7.28. The second-order valence-electron chi connectivity index (χ2n) is 4.60. The van der Waals surface area contributed by atoms with Gasteiger partial charge in [-0.3, -0.25) is 15.1 Å². The standard InChI is InChI=1S/C13H13ClN2O2S/c14-9-4-2-1-3-8(9)5-12(17)16-10-6-19-7-11(10)18-13(16)15/h1-4,10-11,15H,5-7H2/t10-,11-/m0/s1. The van der Waals surface area contributed by atoms with Crippen molar-refractivity contribution in [3.8, 4) is 0 Å². The van der Waals surface area contributed by atoms with E-state index in [1.807, 2.05) is 18.2 Å². The van der Waals surface area contributed by atoms with Gasteiger partial charge >= 0.3 is 0 Å². The first kappa shape index (κ1) is 12.8. The molecular formula is C13H13ClN2O2S. The average molecular weight is 297 g/mol. The maximum atomic E-state index is 12.4. The van der Waals surface area contributed by atoms with Gasteiger partial charge in [-0.2, -0.15) is 11.8 Å². The number of nitrogens with one attached hydrogen (secondary N) is 1. The van der Waals surface area contributed by atoms with Gasteiger partial charge in [-0.15, -0.1) is 0 Å². The zero-order chi connectivity index (χ0) is 13.4. The summed E-state index contributed by atoms with van der Waals surface area (Å²) >= 11 is 7.82. The molecule has 100 valence electrons. The van der Waals surface area contributed by atoms with Gasteiger partial charge in [0, 0.05) is 16.5 Å². The van der Waals surface area contributed by atoms with Crippen LogP contribution in [-0.2, 0) is 16.0 Å². The zero-order valence-corrected chi connectivity index (χ0v) is 11.7. The first-order chi connectivity index (χ1) is 9.16. The van der Waals surface area contributed by atoms with Crippen LogP contribution in [0.25, 0.3) is 0 Å². The average Bonchev–Trinajstić information content (AvgIpc) is 2.91. The molecule has 0 saturated carbocycles. The summed E-state index contributed by atoms with van der Waals surface area (Å²) in [5, 5.41) is 8.38. The lowest BCUT2D eigenvalue weighted by atomic mass is 10.1. The molecule has 2 atom stereocenters. The van der Waals surface area contributed by atoms with Crippen LogP contribution in [-0.4, -0.2) is 40.5 Å². The molecule has 2 aliphatic heterocycles. The number of hydrogen-bond acceptors (Lipinski definition) is 4. The van der Waals surface area contributed by atoms with Crippen LogP contribution < -0.4 is 0 Å². The van der Waals surface area contributed by atoms with Gasteiger partial charge in [0.2, 0.25) is 5.91 Å². The van der Waals surface area contributed by atoms with E-state index in [1.54, 1.807) is 17.8 Å². The third-order valence-corrected chi connectivity index (χ3v) is 4.89. The Bertz CT molecular complexity index is 537. The zero-order valence-electron chi connectivity index (χ0n) is 10.1. The Kier molecular flexibility index (Phi) is 3.41. The van der Waals surface area contributed by atoms with E-state index in [-0.39, 0.29) is 30.5 Å². The quantitative estimate of drug-likeness (QED) is 0.910. The normalized spacial score (nSPS) is 25.3. The fourth-order valence-electron chi connectivity index (χ4n) is 2.42. The van der Waals surface area contributed by atoms with E-state index in [9.17, 15) is 4.79 Å². The lowest BCUT2D eigenvalue weighted by Gasteiger charge is -2.19. The fourth-order valence-corrected chi connectivity index (χ4v) is 3.88. The van der Waals surface area contributed by atoms with Crippen LogP contribution in [0, 0.1) is 5.41 Å². The van der Waals surface area contributed by atoms with Crippen molar-refractivity contribution >= 4 is 35.3 Å². The van der Waals surface area contributed by atoms with Crippen molar-refractivity contribution in [2.24, 2.45) is 0 Å². The molecule has 6 heteroatoms. The van der Waals surface area contributed by atoms with E-state index in [2.05, 4.69) is 0 Å². The fraction of sp³-hybridized carbons (Fsp3) is 0.385. The van der Waals surface area contributed by atoms with E-state index in [0.717, 1.165) is 17.1 Å². The molecule has 2 fully saturated rings. The summed E-state index contributed by atoms with van der Waals surface area (Å²) in [7, 11) is 0. The van der Waals surface area contributed by atoms with Crippen LogP contribution in [0.1, 0.15) is 5.56 Å². The number of ether oxygens (including phenoxy) is 1. The van der Waals surface area contributed by atoms with Gasteiger partial charge in [-0.25, -0.2) is 0 Å². The molecule has 0 spiro atoms. The highest BCUT2D eigenvalue weighted by molar-refractivity contribution is 7.99. The monoisotopic (exact) mass is 296 g/mol. The largest absolute Gasteiger partial charge is 0.459 e. The maximum Gasteiger partial charge on any atom is 0.292 e. The molecule has 0 aliphatic carbocycles. The number of carbonyl (C=O) groups is 1. The molecule has 2 saturated heterocycles. The summed E-state index contributed by atoms with van der Waals surface area (Å²) in [5.74, 6) is 1.57.